The largest absolute Gasteiger partial charge is 0.847 e. The lowest BCUT2D eigenvalue weighted by molar-refractivity contribution is -0.613. The van der Waals surface area contributed by atoms with Crippen LogP contribution in [0.2, 0.25) is 0 Å². The van der Waals surface area contributed by atoms with Crippen LogP contribution in [0.4, 0.5) is 5.69 Å². The van der Waals surface area contributed by atoms with Crippen molar-refractivity contribution in [1.82, 2.24) is 4.57 Å². The first kappa shape index (κ1) is 16.6. The number of aryl methyl sites for hydroxylation is 1. The molecule has 2 aromatic carbocycles. The summed E-state index contributed by atoms with van der Waals surface area (Å²) in [6.07, 6.45) is -0.691. The fourth-order valence-corrected chi connectivity index (χ4v) is 3.21. The maximum Gasteiger partial charge on any atom is 0.179 e. The quantitative estimate of drug-likeness (QED) is 0.704. The Bertz CT molecular complexity index is 839. The van der Waals surface area contributed by atoms with Gasteiger partial charge in [-0.05, 0) is 31.5 Å². The molecule has 1 aromatic heterocycles. The van der Waals surface area contributed by atoms with Crippen LogP contribution >= 0.6 is 0 Å². The minimum Gasteiger partial charge on any atom is -0.847 e. The van der Waals surface area contributed by atoms with Gasteiger partial charge in [-0.15, -0.1) is 0 Å². The highest BCUT2D eigenvalue weighted by atomic mass is 16.5. The molecule has 0 radical (unpaired) electrons. The number of benzene rings is 2. The molecule has 1 atom stereocenters. The van der Waals surface area contributed by atoms with Crippen LogP contribution in [0.1, 0.15) is 11.3 Å². The standard InChI is InChI=1S/C20H23N2O2/c1-14-15(2)22(19-10-6-4-8-17(14)19)13-16(23)12-21-18-9-5-7-11-20(18)24-3/h4-11,16,21H,12-13H2,1-3H3/q-1/p+1. The van der Waals surface area contributed by atoms with Gasteiger partial charge in [-0.25, -0.2) is 0 Å². The molecule has 1 heterocycles. The fraction of sp³-hybridized carbons (Fsp3) is 0.300. The first-order valence-electron chi connectivity index (χ1n) is 8.28. The normalized spacial score (nSPS) is 12.5. The van der Waals surface area contributed by atoms with Crippen LogP contribution in [-0.2, 0) is 6.54 Å². The molecule has 3 rings (SSSR count). The minimum absolute atomic E-state index is 0.478. The Morgan fingerprint density at radius 2 is 1.79 bits per heavy atom. The van der Waals surface area contributed by atoms with E-state index in [1.54, 1.807) is 7.11 Å². The molecule has 0 bridgehead atoms. The fourth-order valence-electron chi connectivity index (χ4n) is 3.21. The number of ether oxygens (including phenoxy) is 1. The lowest BCUT2D eigenvalue weighted by Gasteiger charge is -2.23. The number of hydrogen-bond donors (Lipinski definition) is 1. The van der Waals surface area contributed by atoms with Crippen molar-refractivity contribution in [3.8, 4) is 5.75 Å². The summed E-state index contributed by atoms with van der Waals surface area (Å²) < 4.78 is 7.49. The van der Waals surface area contributed by atoms with E-state index in [9.17, 15) is 5.11 Å². The number of fused-ring (bicyclic) bond motifs is 1. The van der Waals surface area contributed by atoms with E-state index in [-0.39, 0.29) is 0 Å². The first-order valence-corrected chi connectivity index (χ1v) is 8.28. The topological polar surface area (TPSA) is 53.8 Å². The average molecular weight is 324 g/mol. The zero-order valence-electron chi connectivity index (χ0n) is 14.5. The van der Waals surface area contributed by atoms with Crippen LogP contribution in [-0.4, -0.2) is 24.3 Å². The summed E-state index contributed by atoms with van der Waals surface area (Å²) in [5, 5.41) is 15.8. The minimum atomic E-state index is -0.691. The second kappa shape index (κ2) is 7.07. The van der Waals surface area contributed by atoms with Crippen molar-refractivity contribution in [2.45, 2.75) is 26.5 Å². The third-order valence-electron chi connectivity index (χ3n) is 4.67. The van der Waals surface area contributed by atoms with E-state index >= 15 is 0 Å². The van der Waals surface area contributed by atoms with E-state index in [0.717, 1.165) is 17.0 Å². The maximum absolute atomic E-state index is 12.6. The highest BCUT2D eigenvalue weighted by molar-refractivity contribution is 5.85. The number of quaternary nitrogens is 1. The molecule has 4 heteroatoms. The van der Waals surface area contributed by atoms with Crippen molar-refractivity contribution in [2.75, 3.05) is 13.7 Å². The van der Waals surface area contributed by atoms with E-state index in [4.69, 9.17) is 4.74 Å². The summed E-state index contributed by atoms with van der Waals surface area (Å²) in [6.45, 7) is 5.16. The monoisotopic (exact) mass is 324 g/mol. The van der Waals surface area contributed by atoms with E-state index in [0.29, 0.717) is 13.1 Å². The number of aromatic nitrogens is 1. The van der Waals surface area contributed by atoms with Gasteiger partial charge in [-0.3, -0.25) is 0 Å². The van der Waals surface area contributed by atoms with E-state index in [2.05, 4.69) is 30.5 Å². The van der Waals surface area contributed by atoms with Gasteiger partial charge in [0.15, 0.2) is 11.4 Å². The summed E-state index contributed by atoms with van der Waals surface area (Å²) in [7, 11) is 1.65. The number of rotatable bonds is 6. The zero-order valence-corrected chi connectivity index (χ0v) is 14.5. The number of nitrogens with two attached hydrogens (primary N) is 1. The van der Waals surface area contributed by atoms with Crippen molar-refractivity contribution in [3.63, 3.8) is 0 Å². The smallest absolute Gasteiger partial charge is 0.179 e. The lowest BCUT2D eigenvalue weighted by atomic mass is 10.2. The highest BCUT2D eigenvalue weighted by Crippen LogP contribution is 2.25. The summed E-state index contributed by atoms with van der Waals surface area (Å²) in [5.41, 5.74) is 4.55. The van der Waals surface area contributed by atoms with Gasteiger partial charge < -0.3 is 19.7 Å². The molecular formula is C20H24N2O2. The van der Waals surface area contributed by atoms with Crippen LogP contribution in [0.25, 0.3) is 10.9 Å². The van der Waals surface area contributed by atoms with Gasteiger partial charge in [-0.1, -0.05) is 36.4 Å². The van der Waals surface area contributed by atoms with E-state index < -0.39 is 6.10 Å². The van der Waals surface area contributed by atoms with Crippen LogP contribution in [0, 0.1) is 13.8 Å². The summed E-state index contributed by atoms with van der Waals surface area (Å²) in [5.74, 6) is 0.808. The maximum atomic E-state index is 12.6. The Labute approximate surface area is 142 Å². The SMILES string of the molecule is COc1ccccc1[NH2+]CC([O-])Cn1c(C)c(C)c2ccccc21. The number of para-hydroxylation sites is 3. The molecule has 0 amide bonds. The second-order valence-corrected chi connectivity index (χ2v) is 6.14. The molecule has 2 N–H and O–H groups in total. The van der Waals surface area contributed by atoms with Gasteiger partial charge in [0.1, 0.15) is 0 Å². The van der Waals surface area contributed by atoms with Crippen LogP contribution in [0.5, 0.6) is 5.75 Å². The van der Waals surface area contributed by atoms with Gasteiger partial charge >= 0.3 is 0 Å². The van der Waals surface area contributed by atoms with Crippen LogP contribution in [0.3, 0.4) is 0 Å². The third kappa shape index (κ3) is 3.16. The predicted molar refractivity (Wildman–Crippen MR) is 94.6 cm³/mol. The van der Waals surface area contributed by atoms with E-state index in [1.807, 2.05) is 41.7 Å². The summed E-state index contributed by atoms with van der Waals surface area (Å²) in [6, 6.07) is 16.1. The number of methoxy groups -OCH3 is 1. The molecular weight excluding hydrogens is 300 g/mol. The molecule has 24 heavy (non-hydrogen) atoms. The molecule has 0 aliphatic carbocycles. The zero-order chi connectivity index (χ0) is 17.1. The highest BCUT2D eigenvalue weighted by Gasteiger charge is 2.12. The summed E-state index contributed by atoms with van der Waals surface area (Å²) >= 11 is 0. The molecule has 126 valence electrons. The first-order chi connectivity index (χ1) is 11.6. The Hall–Kier alpha value is -2.30. The average Bonchev–Trinajstić information content (AvgIpc) is 2.85. The van der Waals surface area contributed by atoms with Crippen molar-refractivity contribution in [2.24, 2.45) is 0 Å². The molecule has 0 saturated carbocycles. The van der Waals surface area contributed by atoms with Crippen molar-refractivity contribution in [1.29, 1.82) is 0 Å². The van der Waals surface area contributed by atoms with Gasteiger partial charge in [-0.2, -0.15) is 0 Å². The number of nitrogens with zero attached hydrogens (tertiary/aromatic N) is 1. The molecule has 3 aromatic rings. The van der Waals surface area contributed by atoms with Crippen LogP contribution in [0.15, 0.2) is 48.5 Å². The molecule has 4 nitrogen and oxygen atoms in total. The van der Waals surface area contributed by atoms with E-state index in [1.165, 1.54) is 16.6 Å². The Kier molecular flexibility index (Phi) is 4.88. The second-order valence-electron chi connectivity index (χ2n) is 6.14. The third-order valence-corrected chi connectivity index (χ3v) is 4.67. The van der Waals surface area contributed by atoms with Crippen molar-refractivity contribution < 1.29 is 15.2 Å². The predicted octanol–water partition coefficient (Wildman–Crippen LogP) is 1.89. The molecule has 0 aliphatic rings. The molecule has 0 spiro atoms. The molecule has 0 fully saturated rings. The molecule has 0 aliphatic heterocycles. The van der Waals surface area contributed by atoms with Gasteiger partial charge in [0, 0.05) is 29.2 Å². The Morgan fingerprint density at radius 3 is 2.58 bits per heavy atom. The van der Waals surface area contributed by atoms with Gasteiger partial charge in [0.05, 0.1) is 13.7 Å². The molecule has 1 unspecified atom stereocenters. The van der Waals surface area contributed by atoms with Crippen molar-refractivity contribution in [3.05, 3.63) is 59.8 Å². The Morgan fingerprint density at radius 1 is 1.08 bits per heavy atom. The molecule has 0 saturated heterocycles. The Balaban J connectivity index is 1.74. The number of hydrogen-bond acceptors (Lipinski definition) is 2. The van der Waals surface area contributed by atoms with Crippen molar-refractivity contribution >= 4 is 16.6 Å². The van der Waals surface area contributed by atoms with Crippen LogP contribution < -0.4 is 15.2 Å². The summed E-state index contributed by atoms with van der Waals surface area (Å²) in [4.78, 5) is 0. The van der Waals surface area contributed by atoms with Gasteiger partial charge in [0.2, 0.25) is 0 Å². The lowest BCUT2D eigenvalue weighted by Crippen LogP contribution is -2.82. The van der Waals surface area contributed by atoms with Gasteiger partial charge in [0.25, 0.3) is 0 Å².